The van der Waals surface area contributed by atoms with Crippen molar-refractivity contribution in [1.29, 1.82) is 0 Å². The lowest BCUT2D eigenvalue weighted by Gasteiger charge is -2.10. The van der Waals surface area contributed by atoms with Crippen LogP contribution in [0.5, 0.6) is 0 Å². The number of aliphatic carboxylic acids is 1. The fourth-order valence-electron chi connectivity index (χ4n) is 2.39. The smallest absolute Gasteiger partial charge is 0.303 e. The molecule has 0 heterocycles. The summed E-state index contributed by atoms with van der Waals surface area (Å²) in [5, 5.41) is 11.6. The summed E-state index contributed by atoms with van der Waals surface area (Å²) in [4.78, 5) is 21.7. The Kier molecular flexibility index (Phi) is 3.13. The number of carboxylic acid groups (broad SMARTS) is 1. The SMILES string of the molecule is CC(=O)Nc1ccc2c(c1)C(CC(=O)O)CC2. The maximum atomic E-state index is 11.0. The van der Waals surface area contributed by atoms with E-state index in [2.05, 4.69) is 5.32 Å². The molecule has 0 bridgehead atoms. The highest BCUT2D eigenvalue weighted by Gasteiger charge is 2.24. The number of carboxylic acids is 1. The monoisotopic (exact) mass is 233 g/mol. The molecule has 1 aliphatic carbocycles. The molecule has 0 radical (unpaired) electrons. The summed E-state index contributed by atoms with van der Waals surface area (Å²) in [6.45, 7) is 1.46. The minimum absolute atomic E-state index is 0.0798. The van der Waals surface area contributed by atoms with E-state index >= 15 is 0 Å². The molecule has 1 aromatic rings. The first kappa shape index (κ1) is 11.6. The van der Waals surface area contributed by atoms with Gasteiger partial charge in [-0.3, -0.25) is 9.59 Å². The number of anilines is 1. The lowest BCUT2D eigenvalue weighted by Crippen LogP contribution is -2.07. The van der Waals surface area contributed by atoms with Crippen LogP contribution < -0.4 is 5.32 Å². The quantitative estimate of drug-likeness (QED) is 0.840. The molecule has 0 fully saturated rings. The maximum absolute atomic E-state index is 11.0. The molecule has 0 saturated carbocycles. The molecule has 1 atom stereocenters. The van der Waals surface area contributed by atoms with Crippen molar-refractivity contribution in [3.05, 3.63) is 29.3 Å². The Morgan fingerprint density at radius 2 is 2.24 bits per heavy atom. The molecule has 17 heavy (non-hydrogen) atoms. The Morgan fingerprint density at radius 3 is 2.88 bits per heavy atom. The third-order valence-corrected chi connectivity index (χ3v) is 3.09. The first-order chi connectivity index (χ1) is 8.06. The number of rotatable bonds is 3. The van der Waals surface area contributed by atoms with E-state index in [1.165, 1.54) is 12.5 Å². The number of nitrogens with one attached hydrogen (secondary N) is 1. The van der Waals surface area contributed by atoms with Crippen molar-refractivity contribution in [2.45, 2.75) is 32.1 Å². The Morgan fingerprint density at radius 1 is 1.47 bits per heavy atom. The molecule has 1 unspecified atom stereocenters. The molecule has 90 valence electrons. The van der Waals surface area contributed by atoms with Crippen molar-refractivity contribution in [2.75, 3.05) is 5.32 Å². The van der Waals surface area contributed by atoms with E-state index in [0.29, 0.717) is 0 Å². The molecule has 1 amide bonds. The summed E-state index contributed by atoms with van der Waals surface area (Å²) in [6, 6.07) is 5.74. The number of aryl methyl sites for hydroxylation is 1. The van der Waals surface area contributed by atoms with Crippen LogP contribution in [0.2, 0.25) is 0 Å². The highest BCUT2D eigenvalue weighted by Crippen LogP contribution is 2.36. The topological polar surface area (TPSA) is 66.4 Å². The fourth-order valence-corrected chi connectivity index (χ4v) is 2.39. The standard InChI is InChI=1S/C13H15NO3/c1-8(15)14-11-5-4-9-2-3-10(6-13(16)17)12(9)7-11/h4-5,7,10H,2-3,6H2,1H3,(H,14,15)(H,16,17). The zero-order chi connectivity index (χ0) is 12.4. The van der Waals surface area contributed by atoms with Crippen LogP contribution in [0.1, 0.15) is 36.8 Å². The van der Waals surface area contributed by atoms with Gasteiger partial charge in [-0.1, -0.05) is 6.07 Å². The molecule has 2 rings (SSSR count). The molecule has 1 aliphatic rings. The van der Waals surface area contributed by atoms with Gasteiger partial charge in [-0.25, -0.2) is 0 Å². The van der Waals surface area contributed by atoms with E-state index in [1.807, 2.05) is 18.2 Å². The summed E-state index contributed by atoms with van der Waals surface area (Å²) < 4.78 is 0. The predicted molar refractivity (Wildman–Crippen MR) is 64.1 cm³/mol. The summed E-state index contributed by atoms with van der Waals surface area (Å²) in [5.41, 5.74) is 3.01. The number of hydrogen-bond acceptors (Lipinski definition) is 2. The fraction of sp³-hybridized carbons (Fsp3) is 0.385. The Hall–Kier alpha value is -1.84. The molecule has 1 aromatic carbocycles. The van der Waals surface area contributed by atoms with Gasteiger partial charge in [0.1, 0.15) is 0 Å². The van der Waals surface area contributed by atoms with Gasteiger partial charge in [-0.05, 0) is 42.0 Å². The largest absolute Gasteiger partial charge is 0.481 e. The van der Waals surface area contributed by atoms with Crippen LogP contribution in [0.25, 0.3) is 0 Å². The van der Waals surface area contributed by atoms with Crippen molar-refractivity contribution in [1.82, 2.24) is 0 Å². The Balaban J connectivity index is 2.24. The normalized spacial score (nSPS) is 17.6. The Bertz CT molecular complexity index is 468. The first-order valence-corrected chi connectivity index (χ1v) is 5.68. The number of hydrogen-bond donors (Lipinski definition) is 2. The zero-order valence-electron chi connectivity index (χ0n) is 9.69. The van der Waals surface area contributed by atoms with E-state index < -0.39 is 5.97 Å². The van der Waals surface area contributed by atoms with Gasteiger partial charge in [0.25, 0.3) is 0 Å². The van der Waals surface area contributed by atoms with E-state index in [0.717, 1.165) is 24.1 Å². The van der Waals surface area contributed by atoms with Crippen LogP contribution in [0.15, 0.2) is 18.2 Å². The van der Waals surface area contributed by atoms with E-state index in [1.54, 1.807) is 0 Å². The van der Waals surface area contributed by atoms with Crippen molar-refractivity contribution < 1.29 is 14.7 Å². The van der Waals surface area contributed by atoms with Crippen molar-refractivity contribution in [2.24, 2.45) is 0 Å². The van der Waals surface area contributed by atoms with Crippen LogP contribution in [0.3, 0.4) is 0 Å². The summed E-state index contributed by atoms with van der Waals surface area (Å²) >= 11 is 0. The lowest BCUT2D eigenvalue weighted by atomic mass is 9.97. The predicted octanol–water partition coefficient (Wildman–Crippen LogP) is 2.15. The minimum Gasteiger partial charge on any atom is -0.481 e. The molecule has 0 spiro atoms. The van der Waals surface area contributed by atoms with Gasteiger partial charge >= 0.3 is 5.97 Å². The average Bonchev–Trinajstić information content (AvgIpc) is 2.59. The van der Waals surface area contributed by atoms with Gasteiger partial charge < -0.3 is 10.4 Å². The highest BCUT2D eigenvalue weighted by atomic mass is 16.4. The van der Waals surface area contributed by atoms with E-state index in [-0.39, 0.29) is 18.2 Å². The third-order valence-electron chi connectivity index (χ3n) is 3.09. The van der Waals surface area contributed by atoms with Crippen molar-refractivity contribution in [3.63, 3.8) is 0 Å². The summed E-state index contributed by atoms with van der Waals surface area (Å²) in [5.74, 6) is -0.804. The van der Waals surface area contributed by atoms with Gasteiger partial charge in [0.05, 0.1) is 6.42 Å². The van der Waals surface area contributed by atoms with E-state index in [4.69, 9.17) is 5.11 Å². The molecule has 2 N–H and O–H groups in total. The summed E-state index contributed by atoms with van der Waals surface area (Å²) in [6.07, 6.45) is 1.97. The third kappa shape index (κ3) is 2.64. The van der Waals surface area contributed by atoms with Gasteiger partial charge in [0, 0.05) is 12.6 Å². The minimum atomic E-state index is -0.771. The van der Waals surface area contributed by atoms with Crippen LogP contribution in [-0.2, 0) is 16.0 Å². The van der Waals surface area contributed by atoms with Crippen LogP contribution in [0, 0.1) is 0 Å². The van der Waals surface area contributed by atoms with Gasteiger partial charge in [0.15, 0.2) is 0 Å². The second-order valence-corrected chi connectivity index (χ2v) is 4.43. The molecule has 4 heteroatoms. The second-order valence-electron chi connectivity index (χ2n) is 4.43. The van der Waals surface area contributed by atoms with Gasteiger partial charge in [-0.15, -0.1) is 0 Å². The molecule has 0 aromatic heterocycles. The molecule has 0 saturated heterocycles. The number of amides is 1. The van der Waals surface area contributed by atoms with Crippen LogP contribution in [-0.4, -0.2) is 17.0 Å². The lowest BCUT2D eigenvalue weighted by molar-refractivity contribution is -0.137. The van der Waals surface area contributed by atoms with Gasteiger partial charge in [-0.2, -0.15) is 0 Å². The Labute approximate surface area is 99.6 Å². The zero-order valence-corrected chi connectivity index (χ0v) is 9.69. The highest BCUT2D eigenvalue weighted by molar-refractivity contribution is 5.88. The second kappa shape index (κ2) is 4.57. The molecular formula is C13H15NO3. The average molecular weight is 233 g/mol. The van der Waals surface area contributed by atoms with Gasteiger partial charge in [0.2, 0.25) is 5.91 Å². The molecule has 4 nitrogen and oxygen atoms in total. The number of carbonyl (C=O) groups excluding carboxylic acids is 1. The number of benzene rings is 1. The van der Waals surface area contributed by atoms with E-state index in [9.17, 15) is 9.59 Å². The van der Waals surface area contributed by atoms with Crippen LogP contribution >= 0.6 is 0 Å². The maximum Gasteiger partial charge on any atom is 0.303 e. The summed E-state index contributed by atoms with van der Waals surface area (Å²) in [7, 11) is 0. The van der Waals surface area contributed by atoms with Crippen molar-refractivity contribution in [3.8, 4) is 0 Å². The number of fused-ring (bicyclic) bond motifs is 1. The number of carbonyl (C=O) groups is 2. The molecular weight excluding hydrogens is 218 g/mol. The van der Waals surface area contributed by atoms with Crippen LogP contribution in [0.4, 0.5) is 5.69 Å². The van der Waals surface area contributed by atoms with Crippen molar-refractivity contribution >= 4 is 17.6 Å². The molecule has 0 aliphatic heterocycles. The first-order valence-electron chi connectivity index (χ1n) is 5.68.